The highest BCUT2D eigenvalue weighted by atomic mass is 35.5. The topological polar surface area (TPSA) is 176 Å². The molecule has 6 fully saturated rings. The molecule has 4 N–H and O–H groups in total. The molecule has 8 aliphatic rings. The van der Waals surface area contributed by atoms with Crippen molar-refractivity contribution in [2.24, 2.45) is 57.2 Å². The number of fused-ring (bicyclic) bond motifs is 10. The monoisotopic (exact) mass is 908 g/mol. The van der Waals surface area contributed by atoms with E-state index in [1.807, 2.05) is 26.8 Å². The molecule has 62 heavy (non-hydrogen) atoms. The largest absolute Gasteiger partial charge is 0.449 e. The first-order chi connectivity index (χ1) is 28.8. The summed E-state index contributed by atoms with van der Waals surface area (Å²) in [6.45, 7) is 11.4. The number of ether oxygens (including phenoxy) is 1. The van der Waals surface area contributed by atoms with Crippen molar-refractivity contribution in [1.82, 2.24) is 0 Å². The molecular weight excluding hydrogens is 849 g/mol. The predicted octanol–water partition coefficient (Wildman–Crippen LogP) is 6.60. The zero-order valence-electron chi connectivity index (χ0n) is 36.4. The maximum Gasteiger partial charge on any atom is 0.306 e. The summed E-state index contributed by atoms with van der Waals surface area (Å²) in [6.07, 6.45) is 6.38. The van der Waals surface area contributed by atoms with E-state index in [0.29, 0.717) is 31.0 Å². The van der Waals surface area contributed by atoms with Gasteiger partial charge in [0.25, 0.3) is 0 Å². The molecule has 6 saturated carbocycles. The first kappa shape index (κ1) is 47.3. The number of hydrogen-bond acceptors (Lipinski definition) is 11. The van der Waals surface area contributed by atoms with E-state index in [-0.39, 0.29) is 61.2 Å². The summed E-state index contributed by atoms with van der Waals surface area (Å²) < 4.78 is 51.8. The van der Waals surface area contributed by atoms with Crippen LogP contribution in [0.4, 0.5) is 13.2 Å². The number of halogens is 4. The molecule has 0 bridgehead atoms. The number of esters is 1. The second kappa shape index (κ2) is 15.5. The number of thioether (sulfide) groups is 1. The van der Waals surface area contributed by atoms with Crippen LogP contribution in [0, 0.1) is 57.2 Å². The predicted molar refractivity (Wildman–Crippen MR) is 226 cm³/mol. The fourth-order valence-electron chi connectivity index (χ4n) is 14.9. The van der Waals surface area contributed by atoms with Crippen LogP contribution in [0.2, 0.25) is 0 Å². The Morgan fingerprint density at radius 1 is 0.871 bits per heavy atom. The lowest BCUT2D eigenvalue weighted by Crippen LogP contribution is -2.70. The summed E-state index contributed by atoms with van der Waals surface area (Å²) in [5.41, 5.74) is -9.09. The first-order valence-electron chi connectivity index (χ1n) is 21.9. The summed E-state index contributed by atoms with van der Waals surface area (Å²) in [5.74, 6) is -4.45. The van der Waals surface area contributed by atoms with Gasteiger partial charge in [-0.25, -0.2) is 13.2 Å². The van der Waals surface area contributed by atoms with Gasteiger partial charge in [-0.05, 0) is 117 Å². The highest BCUT2D eigenvalue weighted by molar-refractivity contribution is 8.13. The van der Waals surface area contributed by atoms with Crippen LogP contribution in [0.25, 0.3) is 0 Å². The molecule has 0 saturated heterocycles. The van der Waals surface area contributed by atoms with E-state index in [9.17, 15) is 48.8 Å². The maximum absolute atomic E-state index is 17.2. The zero-order chi connectivity index (χ0) is 46.0. The van der Waals surface area contributed by atoms with Gasteiger partial charge in [0.05, 0.1) is 17.1 Å². The number of carbonyl (C=O) groups excluding carboxylic acids is 5. The second-order valence-electron chi connectivity index (χ2n) is 20.3. The Bertz CT molecular complexity index is 2080. The van der Waals surface area contributed by atoms with Gasteiger partial charge in [0, 0.05) is 39.9 Å². The molecule has 0 aromatic rings. The Kier molecular flexibility index (Phi) is 11.8. The van der Waals surface area contributed by atoms with Gasteiger partial charge in [-0.2, -0.15) is 0 Å². The SMILES string of the molecule is CCC(=O)O[C@]1(C(=O)SCF)[C@H](C)C[C@H]2C3C[C@H](F)C4=CC(=O)C=C[C@]4(C)[C@@]3(F)[C@@H](O)C[C@@]21C.C[C@H]1C[C@H]2[C@@H]3CCC4=CC(=O)C=C[C@]4(C)[C@@]3(Cl)[C@@H](O)C[C@]2(C)[C@@]1(O)C(=O)CO. The first-order valence-corrected chi connectivity index (χ1v) is 23.2. The average Bonchev–Trinajstić information content (AvgIpc) is 3.56. The minimum Gasteiger partial charge on any atom is -0.449 e. The van der Waals surface area contributed by atoms with Crippen molar-refractivity contribution in [3.05, 3.63) is 47.6 Å². The number of alkyl halides is 4. The van der Waals surface area contributed by atoms with Crippen molar-refractivity contribution in [3.8, 4) is 0 Å². The van der Waals surface area contributed by atoms with E-state index < -0.39 is 115 Å². The quantitative estimate of drug-likeness (QED) is 0.167. The standard InChI is InChI=1S/C25H31F3O5S.C22H29ClO5/c1-5-20(31)33-25(21(32)34-12-26)13(2)8-15-16-10-18(27)17-9-14(29)6-7-22(17,3)24(16,28)19(30)11-23(15,25)4;1-12-8-16-15-5-4-13-9-14(25)6-7-19(13,2)21(15,23)17(26)10-20(16,3)22(12,28)18(27)11-24/h6-7,9,13,15-16,18-19,30H,5,8,10-12H2,1-4H3;6-7,9,12,15-17,24,26,28H,4-5,8,10-11H2,1-3H3/t13-,15+,16?,18+,19+,22+,23+,24+,25+;12-,15-,16-,17-,19-,20-,21-,22-/m10/s1. The molecule has 17 atom stereocenters. The molecular formula is C47H60ClF3O10S. The van der Waals surface area contributed by atoms with Gasteiger partial charge in [-0.3, -0.25) is 24.0 Å². The van der Waals surface area contributed by atoms with Crippen molar-refractivity contribution in [2.75, 3.05) is 12.6 Å². The lowest BCUT2D eigenvalue weighted by Gasteiger charge is -2.63. The van der Waals surface area contributed by atoms with Crippen molar-refractivity contribution in [3.63, 3.8) is 0 Å². The normalized spacial score (nSPS) is 49.7. The Morgan fingerprint density at radius 2 is 1.45 bits per heavy atom. The molecule has 15 heteroatoms. The van der Waals surface area contributed by atoms with Crippen LogP contribution in [0.15, 0.2) is 47.6 Å². The van der Waals surface area contributed by atoms with Gasteiger partial charge in [0.2, 0.25) is 5.12 Å². The van der Waals surface area contributed by atoms with E-state index in [1.54, 1.807) is 26.8 Å². The molecule has 342 valence electrons. The van der Waals surface area contributed by atoms with Crippen LogP contribution in [0.5, 0.6) is 0 Å². The highest BCUT2D eigenvalue weighted by Crippen LogP contribution is 2.73. The number of allylic oxidation sites excluding steroid dienone is 8. The van der Waals surface area contributed by atoms with Crippen LogP contribution in [-0.4, -0.2) is 102 Å². The number of aliphatic hydroxyl groups is 4. The fourth-order valence-corrected chi connectivity index (χ4v) is 16.2. The van der Waals surface area contributed by atoms with E-state index in [1.165, 1.54) is 25.2 Å². The van der Waals surface area contributed by atoms with Gasteiger partial charge >= 0.3 is 5.97 Å². The molecule has 8 rings (SSSR count). The van der Waals surface area contributed by atoms with E-state index in [2.05, 4.69) is 0 Å². The summed E-state index contributed by atoms with van der Waals surface area (Å²) in [6, 6.07) is -1.02. The summed E-state index contributed by atoms with van der Waals surface area (Å²) >= 11 is 7.70. The number of hydrogen-bond donors (Lipinski definition) is 4. The van der Waals surface area contributed by atoms with Gasteiger partial charge < -0.3 is 25.2 Å². The molecule has 0 spiro atoms. The minimum atomic E-state index is -2.30. The van der Waals surface area contributed by atoms with Crippen molar-refractivity contribution in [1.29, 1.82) is 0 Å². The Hall–Kier alpha value is -2.62. The van der Waals surface area contributed by atoms with Crippen LogP contribution in [0.3, 0.4) is 0 Å². The lowest BCUT2D eigenvalue weighted by atomic mass is 9.44. The van der Waals surface area contributed by atoms with Gasteiger partial charge in [-0.1, -0.05) is 59.3 Å². The molecule has 8 aliphatic carbocycles. The molecule has 0 radical (unpaired) electrons. The third-order valence-electron chi connectivity index (χ3n) is 18.0. The Labute approximate surface area is 370 Å². The van der Waals surface area contributed by atoms with Crippen molar-refractivity contribution >= 4 is 51.8 Å². The number of ketones is 3. The third kappa shape index (κ3) is 5.86. The average molecular weight is 910 g/mol. The number of aliphatic hydroxyl groups excluding tert-OH is 3. The summed E-state index contributed by atoms with van der Waals surface area (Å²) in [5, 5.41) is 43.0. The smallest absolute Gasteiger partial charge is 0.306 e. The number of carbonyl (C=O) groups is 5. The lowest BCUT2D eigenvalue weighted by molar-refractivity contribution is -0.228. The highest BCUT2D eigenvalue weighted by Gasteiger charge is 2.79. The van der Waals surface area contributed by atoms with E-state index in [0.717, 1.165) is 11.6 Å². The summed E-state index contributed by atoms with van der Waals surface area (Å²) in [4.78, 5) is 61.3. The molecule has 0 heterocycles. The van der Waals surface area contributed by atoms with E-state index >= 15 is 8.78 Å². The summed E-state index contributed by atoms with van der Waals surface area (Å²) in [7, 11) is 0. The van der Waals surface area contributed by atoms with Crippen LogP contribution in [0.1, 0.15) is 99.8 Å². The third-order valence-corrected chi connectivity index (χ3v) is 19.6. The van der Waals surface area contributed by atoms with Gasteiger partial charge in [0.15, 0.2) is 28.6 Å². The molecule has 0 aromatic carbocycles. The Morgan fingerprint density at radius 3 is 2.06 bits per heavy atom. The fraction of sp³-hybridized carbons (Fsp3) is 0.723. The van der Waals surface area contributed by atoms with Crippen LogP contribution >= 0.6 is 23.4 Å². The number of Topliss-reactive ketones (excluding diaryl/α,β-unsaturated/α-hetero) is 1. The van der Waals surface area contributed by atoms with Crippen molar-refractivity contribution < 1.29 is 62.3 Å². The molecule has 0 aromatic heterocycles. The molecule has 0 amide bonds. The van der Waals surface area contributed by atoms with Gasteiger partial charge in [-0.15, -0.1) is 11.6 Å². The van der Waals surface area contributed by atoms with Crippen molar-refractivity contribution in [2.45, 2.75) is 140 Å². The minimum absolute atomic E-state index is 0.0141. The number of rotatable bonds is 6. The van der Waals surface area contributed by atoms with Crippen LogP contribution in [-0.2, 0) is 28.7 Å². The second-order valence-corrected chi connectivity index (χ2v) is 21.9. The van der Waals surface area contributed by atoms with Crippen LogP contribution < -0.4 is 0 Å². The molecule has 1 unspecified atom stereocenters. The Balaban J connectivity index is 0.000000190. The molecule has 10 nitrogen and oxygen atoms in total. The maximum atomic E-state index is 17.2. The van der Waals surface area contributed by atoms with E-state index in [4.69, 9.17) is 16.3 Å². The molecule has 0 aliphatic heterocycles. The zero-order valence-corrected chi connectivity index (χ0v) is 38.0. The van der Waals surface area contributed by atoms with Gasteiger partial charge in [0.1, 0.15) is 24.4 Å².